The van der Waals surface area contributed by atoms with Gasteiger partial charge in [-0.2, -0.15) is 0 Å². The number of carbonyl (C=O) groups excluding carboxylic acids is 1. The molecule has 2 aromatic rings. The van der Waals surface area contributed by atoms with Crippen LogP contribution in [0.5, 0.6) is 0 Å². The molecule has 23 heavy (non-hydrogen) atoms. The van der Waals surface area contributed by atoms with Crippen molar-refractivity contribution in [3.63, 3.8) is 0 Å². The molecule has 1 atom stereocenters. The summed E-state index contributed by atoms with van der Waals surface area (Å²) in [5.74, 6) is 0. The van der Waals surface area contributed by atoms with Crippen molar-refractivity contribution in [2.24, 2.45) is 0 Å². The quantitative estimate of drug-likeness (QED) is 0.876. The highest BCUT2D eigenvalue weighted by Gasteiger charge is 2.17. The molecule has 0 fully saturated rings. The van der Waals surface area contributed by atoms with Crippen LogP contribution in [0.1, 0.15) is 36.1 Å². The van der Waals surface area contributed by atoms with Crippen LogP contribution in [0.25, 0.3) is 0 Å². The van der Waals surface area contributed by atoms with Crippen molar-refractivity contribution >= 4 is 11.8 Å². The Labute approximate surface area is 136 Å². The van der Waals surface area contributed by atoms with Gasteiger partial charge in [-0.25, -0.2) is 4.79 Å². The molecule has 1 aliphatic heterocycles. The summed E-state index contributed by atoms with van der Waals surface area (Å²) in [6, 6.07) is 16.0. The van der Waals surface area contributed by atoms with E-state index >= 15 is 0 Å². The van der Waals surface area contributed by atoms with Crippen LogP contribution >= 0.6 is 0 Å². The zero-order valence-electron chi connectivity index (χ0n) is 13.3. The van der Waals surface area contributed by atoms with E-state index in [0.29, 0.717) is 0 Å². The number of anilines is 1. The van der Waals surface area contributed by atoms with Gasteiger partial charge in [-0.05, 0) is 35.6 Å². The lowest BCUT2D eigenvalue weighted by Gasteiger charge is -2.18. The van der Waals surface area contributed by atoms with E-state index in [1.807, 2.05) is 30.3 Å². The molecule has 1 unspecified atom stereocenters. The van der Waals surface area contributed by atoms with Crippen LogP contribution in [0.15, 0.2) is 48.5 Å². The number of hydrogen-bond acceptors (Lipinski definition) is 3. The number of hydrogen-bond donors (Lipinski definition) is 2. The largest absolute Gasteiger partial charge is 0.445 e. The van der Waals surface area contributed by atoms with Gasteiger partial charge < -0.3 is 15.4 Å². The molecule has 0 saturated heterocycles. The number of ether oxygens (including phenoxy) is 1. The van der Waals surface area contributed by atoms with Crippen molar-refractivity contribution in [3.8, 4) is 0 Å². The van der Waals surface area contributed by atoms with E-state index in [2.05, 4.69) is 35.8 Å². The van der Waals surface area contributed by atoms with Crippen LogP contribution in [-0.4, -0.2) is 12.6 Å². The fourth-order valence-electron chi connectivity index (χ4n) is 2.87. The second kappa shape index (κ2) is 7.18. The Morgan fingerprint density at radius 2 is 2.09 bits per heavy atom. The second-order valence-corrected chi connectivity index (χ2v) is 5.76. The minimum Gasteiger partial charge on any atom is -0.445 e. The SMILES string of the molecule is CCC(NC(=O)OCc1ccccc1)c1ccc2c(c1)CCN2. The molecule has 4 nitrogen and oxygen atoms in total. The number of carbonyl (C=O) groups is 1. The number of fused-ring (bicyclic) bond motifs is 1. The Kier molecular flexibility index (Phi) is 4.81. The molecule has 0 saturated carbocycles. The summed E-state index contributed by atoms with van der Waals surface area (Å²) in [5, 5.41) is 6.31. The van der Waals surface area contributed by atoms with Gasteiger partial charge in [0.15, 0.2) is 0 Å². The molecule has 0 radical (unpaired) electrons. The van der Waals surface area contributed by atoms with Gasteiger partial charge in [-0.15, -0.1) is 0 Å². The molecule has 0 aliphatic carbocycles. The van der Waals surface area contributed by atoms with Crippen LogP contribution in [0.2, 0.25) is 0 Å². The third kappa shape index (κ3) is 3.83. The molecular formula is C19H22N2O2. The van der Waals surface area contributed by atoms with Crippen LogP contribution in [-0.2, 0) is 17.8 Å². The van der Waals surface area contributed by atoms with Crippen molar-refractivity contribution in [1.82, 2.24) is 5.32 Å². The summed E-state index contributed by atoms with van der Waals surface area (Å²) < 4.78 is 5.31. The molecule has 0 aromatic heterocycles. The fraction of sp³-hybridized carbons (Fsp3) is 0.316. The van der Waals surface area contributed by atoms with Crippen LogP contribution in [0, 0.1) is 0 Å². The average Bonchev–Trinajstić information content (AvgIpc) is 3.06. The molecule has 1 aliphatic rings. The standard InChI is InChI=1S/C19H22N2O2/c1-2-17(15-8-9-18-16(12-15)10-11-20-18)21-19(22)23-13-14-6-4-3-5-7-14/h3-9,12,17,20H,2,10-11,13H2,1H3,(H,21,22). The molecular weight excluding hydrogens is 288 g/mol. The minimum atomic E-state index is -0.376. The minimum absolute atomic E-state index is 0.0239. The van der Waals surface area contributed by atoms with E-state index in [-0.39, 0.29) is 18.7 Å². The topological polar surface area (TPSA) is 50.4 Å². The van der Waals surface area contributed by atoms with Gasteiger partial charge in [0, 0.05) is 12.2 Å². The number of benzene rings is 2. The first-order valence-corrected chi connectivity index (χ1v) is 8.10. The molecule has 4 heteroatoms. The highest BCUT2D eigenvalue weighted by atomic mass is 16.5. The predicted octanol–water partition coefficient (Wildman–Crippen LogP) is 4.03. The van der Waals surface area contributed by atoms with E-state index in [0.717, 1.165) is 30.5 Å². The second-order valence-electron chi connectivity index (χ2n) is 5.76. The molecule has 2 aromatic carbocycles. The predicted molar refractivity (Wildman–Crippen MR) is 91.4 cm³/mol. The Bertz CT molecular complexity index is 670. The highest BCUT2D eigenvalue weighted by molar-refractivity contribution is 5.68. The number of nitrogens with one attached hydrogen (secondary N) is 2. The van der Waals surface area contributed by atoms with Gasteiger partial charge in [0.1, 0.15) is 6.61 Å². The summed E-state index contributed by atoms with van der Waals surface area (Å²) in [6.45, 7) is 3.34. The molecule has 0 spiro atoms. The van der Waals surface area contributed by atoms with E-state index in [1.54, 1.807) is 0 Å². The van der Waals surface area contributed by atoms with Gasteiger partial charge >= 0.3 is 6.09 Å². The smallest absolute Gasteiger partial charge is 0.407 e. The van der Waals surface area contributed by atoms with Crippen LogP contribution < -0.4 is 10.6 Å². The van der Waals surface area contributed by atoms with Gasteiger partial charge in [-0.3, -0.25) is 0 Å². The average molecular weight is 310 g/mol. The molecule has 1 heterocycles. The monoisotopic (exact) mass is 310 g/mol. The Morgan fingerprint density at radius 3 is 2.87 bits per heavy atom. The Balaban J connectivity index is 1.59. The van der Waals surface area contributed by atoms with E-state index in [9.17, 15) is 4.79 Å². The summed E-state index contributed by atoms with van der Waals surface area (Å²) >= 11 is 0. The van der Waals surface area contributed by atoms with Gasteiger partial charge in [0.2, 0.25) is 0 Å². The van der Waals surface area contributed by atoms with Crippen LogP contribution in [0.4, 0.5) is 10.5 Å². The molecule has 120 valence electrons. The highest BCUT2D eigenvalue weighted by Crippen LogP contribution is 2.27. The summed E-state index contributed by atoms with van der Waals surface area (Å²) in [7, 11) is 0. The maximum atomic E-state index is 12.0. The van der Waals surface area contributed by atoms with E-state index in [4.69, 9.17) is 4.74 Å². The molecule has 2 N–H and O–H groups in total. The van der Waals surface area contributed by atoms with E-state index < -0.39 is 0 Å². The molecule has 0 bridgehead atoms. The first-order valence-electron chi connectivity index (χ1n) is 8.10. The molecule has 3 rings (SSSR count). The van der Waals surface area contributed by atoms with Gasteiger partial charge in [0.05, 0.1) is 6.04 Å². The zero-order valence-corrected chi connectivity index (χ0v) is 13.3. The normalized spacial score (nSPS) is 13.8. The first-order chi connectivity index (χ1) is 11.3. The fourth-order valence-corrected chi connectivity index (χ4v) is 2.87. The summed E-state index contributed by atoms with van der Waals surface area (Å²) in [4.78, 5) is 12.0. The number of alkyl carbamates (subject to hydrolysis) is 1. The van der Waals surface area contributed by atoms with Crippen LogP contribution in [0.3, 0.4) is 0 Å². The lowest BCUT2D eigenvalue weighted by molar-refractivity contribution is 0.135. The van der Waals surface area contributed by atoms with Gasteiger partial charge in [0.25, 0.3) is 0 Å². The van der Waals surface area contributed by atoms with Crippen molar-refractivity contribution < 1.29 is 9.53 Å². The third-order valence-corrected chi connectivity index (χ3v) is 4.15. The maximum Gasteiger partial charge on any atom is 0.407 e. The summed E-state index contributed by atoms with van der Waals surface area (Å²) in [6.07, 6.45) is 1.49. The van der Waals surface area contributed by atoms with Gasteiger partial charge in [-0.1, -0.05) is 49.4 Å². The van der Waals surface area contributed by atoms with E-state index in [1.165, 1.54) is 11.3 Å². The first kappa shape index (κ1) is 15.4. The summed E-state index contributed by atoms with van der Waals surface area (Å²) in [5.41, 5.74) is 4.64. The van der Waals surface area contributed by atoms with Crippen molar-refractivity contribution in [1.29, 1.82) is 0 Å². The lowest BCUT2D eigenvalue weighted by Crippen LogP contribution is -2.28. The molecule has 1 amide bonds. The maximum absolute atomic E-state index is 12.0. The Morgan fingerprint density at radius 1 is 1.26 bits per heavy atom. The lowest BCUT2D eigenvalue weighted by atomic mass is 10.0. The Hall–Kier alpha value is -2.49. The number of rotatable bonds is 5. The van der Waals surface area contributed by atoms with Crippen molar-refractivity contribution in [2.45, 2.75) is 32.4 Å². The zero-order chi connectivity index (χ0) is 16.1. The third-order valence-electron chi connectivity index (χ3n) is 4.15. The van der Waals surface area contributed by atoms with Crippen molar-refractivity contribution in [3.05, 3.63) is 65.2 Å². The van der Waals surface area contributed by atoms with Crippen molar-refractivity contribution in [2.75, 3.05) is 11.9 Å². The number of amides is 1.